The van der Waals surface area contributed by atoms with E-state index in [0.717, 1.165) is 6.07 Å². The van der Waals surface area contributed by atoms with Crippen LogP contribution in [-0.2, 0) is 4.74 Å². The first-order valence-corrected chi connectivity index (χ1v) is 6.99. The molecule has 2 amide bonds. The van der Waals surface area contributed by atoms with E-state index in [4.69, 9.17) is 10.5 Å². The lowest BCUT2D eigenvalue weighted by Gasteiger charge is -2.19. The lowest BCUT2D eigenvalue weighted by atomic mass is 10.2. The van der Waals surface area contributed by atoms with Crippen LogP contribution >= 0.6 is 0 Å². The number of benzene rings is 1. The molecule has 1 aromatic rings. The number of anilines is 1. The molecule has 6 nitrogen and oxygen atoms in total. The Balaban J connectivity index is 2.25. The van der Waals surface area contributed by atoms with Crippen molar-refractivity contribution in [3.05, 3.63) is 29.6 Å². The second-order valence-corrected chi connectivity index (χ2v) is 5.77. The van der Waals surface area contributed by atoms with E-state index >= 15 is 0 Å². The fraction of sp³-hybridized carbons (Fsp3) is 0.467. The molecule has 0 saturated carbocycles. The van der Waals surface area contributed by atoms with Crippen molar-refractivity contribution in [1.29, 1.82) is 0 Å². The largest absolute Gasteiger partial charge is 0.444 e. The van der Waals surface area contributed by atoms with Crippen molar-refractivity contribution in [3.8, 4) is 0 Å². The Morgan fingerprint density at radius 2 is 1.86 bits per heavy atom. The predicted octanol–water partition coefficient (Wildman–Crippen LogP) is 2.05. The van der Waals surface area contributed by atoms with Crippen molar-refractivity contribution in [2.75, 3.05) is 18.8 Å². The molecule has 7 heteroatoms. The second-order valence-electron chi connectivity index (χ2n) is 5.77. The molecule has 4 N–H and O–H groups in total. The molecule has 0 aliphatic carbocycles. The average Bonchev–Trinajstić information content (AvgIpc) is 2.39. The van der Waals surface area contributed by atoms with E-state index in [-0.39, 0.29) is 11.3 Å². The van der Waals surface area contributed by atoms with Gasteiger partial charge < -0.3 is 21.1 Å². The summed E-state index contributed by atoms with van der Waals surface area (Å²) in [5.74, 6) is -1.02. The van der Waals surface area contributed by atoms with Crippen LogP contribution in [0, 0.1) is 5.82 Å². The molecule has 0 aliphatic rings. The Bertz CT molecular complexity index is 541. The zero-order chi connectivity index (χ0) is 16.8. The SMILES string of the molecule is CC(C)(C)OC(=O)NCCCNC(=O)c1ccc(N)c(F)c1. The van der Waals surface area contributed by atoms with Crippen molar-refractivity contribution in [2.24, 2.45) is 0 Å². The summed E-state index contributed by atoms with van der Waals surface area (Å²) in [5.41, 5.74) is 5.00. The molecular formula is C15H22FN3O3. The van der Waals surface area contributed by atoms with Gasteiger partial charge in [0.15, 0.2) is 0 Å². The van der Waals surface area contributed by atoms with Crippen molar-refractivity contribution in [3.63, 3.8) is 0 Å². The topological polar surface area (TPSA) is 93.5 Å². The highest BCUT2D eigenvalue weighted by Gasteiger charge is 2.15. The van der Waals surface area contributed by atoms with E-state index in [2.05, 4.69) is 10.6 Å². The lowest BCUT2D eigenvalue weighted by molar-refractivity contribution is 0.0527. The summed E-state index contributed by atoms with van der Waals surface area (Å²) in [6, 6.07) is 3.88. The maximum Gasteiger partial charge on any atom is 0.407 e. The van der Waals surface area contributed by atoms with E-state index in [1.54, 1.807) is 20.8 Å². The number of alkyl carbamates (subject to hydrolysis) is 1. The summed E-state index contributed by atoms with van der Waals surface area (Å²) in [6.07, 6.45) is 0.0297. The summed E-state index contributed by atoms with van der Waals surface area (Å²) < 4.78 is 18.3. The Morgan fingerprint density at radius 3 is 2.45 bits per heavy atom. The number of carbonyl (C=O) groups excluding carboxylic acids is 2. The first-order chi connectivity index (χ1) is 10.2. The molecule has 0 fully saturated rings. The van der Waals surface area contributed by atoms with Gasteiger partial charge in [-0.05, 0) is 45.4 Å². The van der Waals surface area contributed by atoms with Crippen molar-refractivity contribution >= 4 is 17.7 Å². The van der Waals surface area contributed by atoms with Crippen LogP contribution in [-0.4, -0.2) is 30.7 Å². The van der Waals surface area contributed by atoms with Gasteiger partial charge in [0.2, 0.25) is 0 Å². The minimum Gasteiger partial charge on any atom is -0.444 e. The third-order valence-electron chi connectivity index (χ3n) is 2.57. The molecule has 0 atom stereocenters. The first kappa shape index (κ1) is 17.7. The maximum atomic E-state index is 13.2. The molecule has 122 valence electrons. The fourth-order valence-electron chi connectivity index (χ4n) is 1.57. The van der Waals surface area contributed by atoms with Crippen LogP contribution in [0.5, 0.6) is 0 Å². The van der Waals surface area contributed by atoms with Crippen LogP contribution in [0.4, 0.5) is 14.9 Å². The molecule has 1 rings (SSSR count). The van der Waals surface area contributed by atoms with Crippen LogP contribution in [0.1, 0.15) is 37.6 Å². The zero-order valence-electron chi connectivity index (χ0n) is 13.0. The average molecular weight is 311 g/mol. The standard InChI is InChI=1S/C15H22FN3O3/c1-15(2,3)22-14(21)19-8-4-7-18-13(20)10-5-6-12(17)11(16)9-10/h5-6,9H,4,7-8,17H2,1-3H3,(H,18,20)(H,19,21). The molecule has 0 radical (unpaired) electrons. The normalized spacial score (nSPS) is 10.9. The number of carbonyl (C=O) groups is 2. The summed E-state index contributed by atoms with van der Waals surface area (Å²) in [6.45, 7) is 6.04. The number of halogens is 1. The molecule has 0 spiro atoms. The predicted molar refractivity (Wildman–Crippen MR) is 82.0 cm³/mol. The molecule has 0 bridgehead atoms. The molecule has 0 unspecified atom stereocenters. The number of amides is 2. The Labute approximate surface area is 129 Å². The Hall–Kier alpha value is -2.31. The fourth-order valence-corrected chi connectivity index (χ4v) is 1.57. The van der Waals surface area contributed by atoms with E-state index in [9.17, 15) is 14.0 Å². The summed E-state index contributed by atoms with van der Waals surface area (Å²) in [4.78, 5) is 23.1. The highest BCUT2D eigenvalue weighted by Crippen LogP contribution is 2.11. The number of hydrogen-bond donors (Lipinski definition) is 3. The molecule has 0 aromatic heterocycles. The number of hydrogen-bond acceptors (Lipinski definition) is 4. The van der Waals surface area contributed by atoms with Gasteiger partial charge in [0.25, 0.3) is 5.91 Å². The highest BCUT2D eigenvalue weighted by atomic mass is 19.1. The van der Waals surface area contributed by atoms with E-state index in [0.29, 0.717) is 19.5 Å². The van der Waals surface area contributed by atoms with E-state index in [1.165, 1.54) is 12.1 Å². The maximum absolute atomic E-state index is 13.2. The quantitative estimate of drug-likeness (QED) is 0.573. The van der Waals surface area contributed by atoms with Crippen LogP contribution < -0.4 is 16.4 Å². The second kappa shape index (κ2) is 7.63. The van der Waals surface area contributed by atoms with Crippen molar-refractivity contribution in [1.82, 2.24) is 10.6 Å². The van der Waals surface area contributed by atoms with E-state index < -0.39 is 23.4 Å². The first-order valence-electron chi connectivity index (χ1n) is 6.99. The molecule has 1 aromatic carbocycles. The van der Waals surface area contributed by atoms with Gasteiger partial charge in [0.05, 0.1) is 5.69 Å². The van der Waals surface area contributed by atoms with E-state index in [1.807, 2.05) is 0 Å². The number of rotatable bonds is 5. The lowest BCUT2D eigenvalue weighted by Crippen LogP contribution is -2.34. The number of nitrogens with one attached hydrogen (secondary N) is 2. The molecule has 0 heterocycles. The van der Waals surface area contributed by atoms with Crippen LogP contribution in [0.3, 0.4) is 0 Å². The van der Waals surface area contributed by atoms with Gasteiger partial charge in [0.1, 0.15) is 11.4 Å². The minimum atomic E-state index is -0.626. The minimum absolute atomic E-state index is 0.00175. The molecular weight excluding hydrogens is 289 g/mol. The number of nitrogen functional groups attached to an aromatic ring is 1. The summed E-state index contributed by atoms with van der Waals surface area (Å²) in [7, 11) is 0. The number of nitrogens with two attached hydrogens (primary N) is 1. The Kier molecular flexibility index (Phi) is 6.15. The van der Waals surface area contributed by atoms with Gasteiger partial charge in [-0.1, -0.05) is 0 Å². The van der Waals surface area contributed by atoms with Crippen LogP contribution in [0.25, 0.3) is 0 Å². The summed E-state index contributed by atoms with van der Waals surface area (Å²) in [5, 5.41) is 5.21. The number of ether oxygens (including phenoxy) is 1. The smallest absolute Gasteiger partial charge is 0.407 e. The van der Waals surface area contributed by atoms with Gasteiger partial charge in [-0.25, -0.2) is 9.18 Å². The van der Waals surface area contributed by atoms with Gasteiger partial charge in [-0.2, -0.15) is 0 Å². The molecule has 0 saturated heterocycles. The highest BCUT2D eigenvalue weighted by molar-refractivity contribution is 5.94. The van der Waals surface area contributed by atoms with Crippen LogP contribution in [0.15, 0.2) is 18.2 Å². The Morgan fingerprint density at radius 1 is 1.23 bits per heavy atom. The third kappa shape index (κ3) is 6.43. The van der Waals surface area contributed by atoms with Gasteiger partial charge >= 0.3 is 6.09 Å². The van der Waals surface area contributed by atoms with Gasteiger partial charge in [-0.15, -0.1) is 0 Å². The van der Waals surface area contributed by atoms with Crippen LogP contribution in [0.2, 0.25) is 0 Å². The van der Waals surface area contributed by atoms with Crippen molar-refractivity contribution in [2.45, 2.75) is 32.8 Å². The van der Waals surface area contributed by atoms with Gasteiger partial charge in [0, 0.05) is 18.7 Å². The third-order valence-corrected chi connectivity index (χ3v) is 2.57. The molecule has 22 heavy (non-hydrogen) atoms. The summed E-state index contributed by atoms with van der Waals surface area (Å²) >= 11 is 0. The monoisotopic (exact) mass is 311 g/mol. The van der Waals surface area contributed by atoms with Gasteiger partial charge in [-0.3, -0.25) is 4.79 Å². The molecule has 0 aliphatic heterocycles. The van der Waals surface area contributed by atoms with Crippen molar-refractivity contribution < 1.29 is 18.7 Å². The zero-order valence-corrected chi connectivity index (χ0v) is 13.0.